The molecular weight excluding hydrogens is 270 g/mol. The topological polar surface area (TPSA) is 15.3 Å². The van der Waals surface area contributed by atoms with Crippen molar-refractivity contribution < 1.29 is 8.78 Å². The van der Waals surface area contributed by atoms with Crippen molar-refractivity contribution in [3.05, 3.63) is 28.8 Å². The van der Waals surface area contributed by atoms with Crippen molar-refractivity contribution in [1.82, 2.24) is 5.32 Å². The van der Waals surface area contributed by atoms with E-state index in [1.54, 1.807) is 0 Å². The molecule has 0 spiro atoms. The van der Waals surface area contributed by atoms with Gasteiger partial charge in [0.25, 0.3) is 0 Å². The molecule has 1 N–H and O–H groups in total. The van der Waals surface area contributed by atoms with E-state index in [0.717, 1.165) is 32.1 Å². The largest absolute Gasteiger partial charge is 0.368 e. The summed E-state index contributed by atoms with van der Waals surface area (Å²) < 4.78 is 26.9. The molecule has 0 aromatic heterocycles. The highest BCUT2D eigenvalue weighted by Gasteiger charge is 2.28. The van der Waals surface area contributed by atoms with Gasteiger partial charge in [-0.25, -0.2) is 8.78 Å². The highest BCUT2D eigenvalue weighted by Crippen LogP contribution is 2.33. The van der Waals surface area contributed by atoms with Gasteiger partial charge in [-0.1, -0.05) is 11.6 Å². The quantitative estimate of drug-likeness (QED) is 0.914. The maximum atomic E-state index is 13.8. The first-order valence-corrected chi connectivity index (χ1v) is 7.14. The second kappa shape index (κ2) is 5.25. The van der Waals surface area contributed by atoms with Crippen LogP contribution in [0.2, 0.25) is 5.02 Å². The molecule has 1 aliphatic heterocycles. The summed E-state index contributed by atoms with van der Waals surface area (Å²) in [5.41, 5.74) is 0.344. The van der Waals surface area contributed by atoms with Crippen LogP contribution in [-0.4, -0.2) is 25.7 Å². The van der Waals surface area contributed by atoms with Crippen LogP contribution in [0.25, 0.3) is 0 Å². The molecule has 3 rings (SSSR count). The minimum absolute atomic E-state index is 0.160. The predicted molar refractivity (Wildman–Crippen MR) is 72.7 cm³/mol. The van der Waals surface area contributed by atoms with Gasteiger partial charge in [-0.2, -0.15) is 0 Å². The summed E-state index contributed by atoms with van der Waals surface area (Å²) in [5, 5.41) is 3.66. The van der Waals surface area contributed by atoms with E-state index >= 15 is 0 Å². The molecule has 0 radical (unpaired) electrons. The summed E-state index contributed by atoms with van der Waals surface area (Å²) in [7, 11) is 0. The van der Waals surface area contributed by atoms with Crippen LogP contribution in [-0.2, 0) is 0 Å². The molecular formula is C14H17ClF2N2. The van der Waals surface area contributed by atoms with Gasteiger partial charge in [0.1, 0.15) is 5.82 Å². The van der Waals surface area contributed by atoms with Crippen molar-refractivity contribution in [2.45, 2.75) is 25.3 Å². The number of hydrogen-bond acceptors (Lipinski definition) is 2. The molecule has 1 heterocycles. The number of nitrogens with one attached hydrogen (secondary N) is 1. The summed E-state index contributed by atoms with van der Waals surface area (Å²) >= 11 is 5.96. The van der Waals surface area contributed by atoms with E-state index < -0.39 is 11.6 Å². The van der Waals surface area contributed by atoms with Crippen LogP contribution in [0.5, 0.6) is 0 Å². The smallest absolute Gasteiger partial charge is 0.150 e. The van der Waals surface area contributed by atoms with Crippen LogP contribution in [0.4, 0.5) is 14.5 Å². The first-order valence-electron chi connectivity index (χ1n) is 6.76. The number of hydrogen-bond donors (Lipinski definition) is 1. The third-order valence-corrected chi connectivity index (χ3v) is 4.14. The van der Waals surface area contributed by atoms with Crippen LogP contribution in [0, 0.1) is 17.6 Å². The summed E-state index contributed by atoms with van der Waals surface area (Å²) in [6, 6.07) is 2.77. The average molecular weight is 287 g/mol. The molecule has 2 fully saturated rings. The second-order valence-corrected chi connectivity index (χ2v) is 5.91. The highest BCUT2D eigenvalue weighted by molar-refractivity contribution is 6.33. The van der Waals surface area contributed by atoms with Crippen LogP contribution in [0.1, 0.15) is 19.3 Å². The van der Waals surface area contributed by atoms with Crippen LogP contribution < -0.4 is 10.2 Å². The summed E-state index contributed by atoms with van der Waals surface area (Å²) in [6.45, 7) is 2.53. The number of anilines is 1. The Kier molecular flexibility index (Phi) is 3.63. The molecule has 1 saturated carbocycles. The van der Waals surface area contributed by atoms with Crippen molar-refractivity contribution in [3.63, 3.8) is 0 Å². The van der Waals surface area contributed by atoms with E-state index in [1.807, 2.05) is 4.90 Å². The fourth-order valence-corrected chi connectivity index (χ4v) is 2.97. The van der Waals surface area contributed by atoms with Crippen molar-refractivity contribution >= 4 is 17.3 Å². The maximum absolute atomic E-state index is 13.8. The van der Waals surface area contributed by atoms with Crippen molar-refractivity contribution in [2.75, 3.05) is 24.5 Å². The SMILES string of the molecule is Fc1cc(F)c(N2CCC(CNC3CC3)C2)c(Cl)c1. The molecule has 1 atom stereocenters. The Labute approximate surface area is 116 Å². The van der Waals surface area contributed by atoms with Crippen LogP contribution in [0.3, 0.4) is 0 Å². The van der Waals surface area contributed by atoms with Crippen molar-refractivity contribution in [2.24, 2.45) is 5.92 Å². The van der Waals surface area contributed by atoms with Crippen molar-refractivity contribution in [3.8, 4) is 0 Å². The Morgan fingerprint density at radius 2 is 2.05 bits per heavy atom. The number of rotatable bonds is 4. The molecule has 1 aliphatic carbocycles. The Bertz CT molecular complexity index is 454. The molecule has 0 bridgehead atoms. The lowest BCUT2D eigenvalue weighted by molar-refractivity contribution is 0.514. The minimum atomic E-state index is -0.627. The van der Waals surface area contributed by atoms with E-state index in [0.29, 0.717) is 17.6 Å². The Balaban J connectivity index is 1.66. The summed E-state index contributed by atoms with van der Waals surface area (Å²) in [6.07, 6.45) is 3.57. The zero-order chi connectivity index (χ0) is 13.4. The van der Waals surface area contributed by atoms with Gasteiger partial charge in [0.05, 0.1) is 10.7 Å². The monoisotopic (exact) mass is 286 g/mol. The average Bonchev–Trinajstić information content (AvgIpc) is 3.05. The van der Waals surface area contributed by atoms with E-state index in [-0.39, 0.29) is 5.02 Å². The fraction of sp³-hybridized carbons (Fsp3) is 0.571. The molecule has 1 saturated heterocycles. The highest BCUT2D eigenvalue weighted by atomic mass is 35.5. The fourth-order valence-electron chi connectivity index (χ4n) is 2.66. The number of halogens is 3. The Morgan fingerprint density at radius 3 is 2.74 bits per heavy atom. The molecule has 1 aromatic carbocycles. The Hall–Kier alpha value is -0.870. The van der Waals surface area contributed by atoms with Gasteiger partial charge in [0.2, 0.25) is 0 Å². The van der Waals surface area contributed by atoms with Crippen molar-refractivity contribution in [1.29, 1.82) is 0 Å². The second-order valence-electron chi connectivity index (χ2n) is 5.50. The molecule has 19 heavy (non-hydrogen) atoms. The number of nitrogens with zero attached hydrogens (tertiary/aromatic N) is 1. The third-order valence-electron chi connectivity index (χ3n) is 3.86. The minimum Gasteiger partial charge on any atom is -0.368 e. The summed E-state index contributed by atoms with van der Waals surface area (Å²) in [4.78, 5) is 1.93. The van der Waals surface area contributed by atoms with E-state index in [9.17, 15) is 8.78 Å². The molecule has 2 aliphatic rings. The lowest BCUT2D eigenvalue weighted by atomic mass is 10.1. The molecule has 5 heteroatoms. The molecule has 104 valence electrons. The van der Waals surface area contributed by atoms with Gasteiger partial charge in [0.15, 0.2) is 5.82 Å². The zero-order valence-electron chi connectivity index (χ0n) is 10.6. The molecule has 2 nitrogen and oxygen atoms in total. The molecule has 1 aromatic rings. The first-order chi connectivity index (χ1) is 9.13. The van der Waals surface area contributed by atoms with Gasteiger partial charge in [0, 0.05) is 25.2 Å². The van der Waals surface area contributed by atoms with Gasteiger partial charge >= 0.3 is 0 Å². The third kappa shape index (κ3) is 3.00. The standard InChI is InChI=1S/C14H17ClF2N2/c15-12-5-10(16)6-13(17)14(12)19-4-3-9(8-19)7-18-11-1-2-11/h5-6,9,11,18H,1-4,7-8H2. The normalized spacial score (nSPS) is 23.1. The van der Waals surface area contributed by atoms with Gasteiger partial charge in [-0.05, 0) is 37.8 Å². The van der Waals surface area contributed by atoms with Crippen LogP contribution in [0.15, 0.2) is 12.1 Å². The van der Waals surface area contributed by atoms with E-state index in [2.05, 4.69) is 5.32 Å². The lowest BCUT2D eigenvalue weighted by Gasteiger charge is -2.21. The van der Waals surface area contributed by atoms with Gasteiger partial charge < -0.3 is 10.2 Å². The Morgan fingerprint density at radius 1 is 1.26 bits per heavy atom. The zero-order valence-corrected chi connectivity index (χ0v) is 11.4. The number of benzene rings is 1. The molecule has 1 unspecified atom stereocenters. The van der Waals surface area contributed by atoms with Crippen LogP contribution >= 0.6 is 11.6 Å². The summed E-state index contributed by atoms with van der Waals surface area (Å²) in [5.74, 6) is -0.681. The lowest BCUT2D eigenvalue weighted by Crippen LogP contribution is -2.28. The molecule has 0 amide bonds. The van der Waals surface area contributed by atoms with Gasteiger partial charge in [-0.15, -0.1) is 0 Å². The van der Waals surface area contributed by atoms with Gasteiger partial charge in [-0.3, -0.25) is 0 Å². The predicted octanol–water partition coefficient (Wildman–Crippen LogP) is 3.20. The maximum Gasteiger partial charge on any atom is 0.150 e. The van der Waals surface area contributed by atoms with E-state index in [4.69, 9.17) is 11.6 Å². The first kappa shape index (κ1) is 13.1. The van der Waals surface area contributed by atoms with E-state index in [1.165, 1.54) is 18.9 Å².